The second kappa shape index (κ2) is 5.81. The fraction of sp³-hybridized carbons (Fsp3) is 0.364. The van der Waals surface area contributed by atoms with Gasteiger partial charge >= 0.3 is 0 Å². The van der Waals surface area contributed by atoms with Crippen molar-refractivity contribution in [3.8, 4) is 0 Å². The van der Waals surface area contributed by atoms with Crippen LogP contribution in [0, 0.1) is 11.6 Å². The Bertz CT molecular complexity index is 417. The van der Waals surface area contributed by atoms with Gasteiger partial charge in [0.1, 0.15) is 11.6 Å². The van der Waals surface area contributed by atoms with Gasteiger partial charge in [-0.15, -0.1) is 0 Å². The summed E-state index contributed by atoms with van der Waals surface area (Å²) in [5.41, 5.74) is 4.32. The Morgan fingerprint density at radius 3 is 2.33 bits per heavy atom. The largest absolute Gasteiger partial charge is 0.350 e. The molecule has 0 saturated carbocycles. The molecule has 0 unspecified atom stereocenters. The van der Waals surface area contributed by atoms with Crippen molar-refractivity contribution in [2.24, 2.45) is 5.73 Å². The third kappa shape index (κ3) is 3.99. The van der Waals surface area contributed by atoms with Crippen LogP contribution in [-0.2, 0) is 11.2 Å². The second-order valence-electron chi connectivity index (χ2n) is 3.71. The summed E-state index contributed by atoms with van der Waals surface area (Å²) in [4.78, 5) is 11.3. The van der Waals surface area contributed by atoms with Gasteiger partial charge in [-0.1, -0.05) is 6.07 Å². The molecule has 7 heteroatoms. The Hall–Kier alpha value is -1.63. The number of carbonyl (C=O) groups excluding carboxylic acids is 1. The molecule has 1 rings (SSSR count). The first kappa shape index (κ1) is 14.4. The van der Waals surface area contributed by atoms with Crippen LogP contribution in [0.15, 0.2) is 18.2 Å². The molecule has 0 saturated heterocycles. The van der Waals surface area contributed by atoms with Gasteiger partial charge in [0.25, 0.3) is 5.92 Å². The molecule has 3 N–H and O–H groups in total. The molecule has 0 heterocycles. The van der Waals surface area contributed by atoms with Crippen molar-refractivity contribution in [1.82, 2.24) is 5.32 Å². The van der Waals surface area contributed by atoms with Crippen molar-refractivity contribution < 1.29 is 22.4 Å². The van der Waals surface area contributed by atoms with Crippen molar-refractivity contribution >= 4 is 5.91 Å². The topological polar surface area (TPSA) is 55.1 Å². The monoisotopic (exact) mass is 264 g/mol. The number of carbonyl (C=O) groups is 1. The summed E-state index contributed by atoms with van der Waals surface area (Å²) in [6.45, 7) is -1.88. The van der Waals surface area contributed by atoms with Crippen LogP contribution in [0.25, 0.3) is 0 Å². The highest BCUT2D eigenvalue weighted by molar-refractivity contribution is 5.78. The van der Waals surface area contributed by atoms with E-state index in [0.29, 0.717) is 0 Å². The average Bonchev–Trinajstić information content (AvgIpc) is 2.32. The van der Waals surface area contributed by atoms with E-state index in [4.69, 9.17) is 5.73 Å². The first-order valence-electron chi connectivity index (χ1n) is 5.13. The van der Waals surface area contributed by atoms with Crippen LogP contribution in [0.3, 0.4) is 0 Å². The summed E-state index contributed by atoms with van der Waals surface area (Å²) < 4.78 is 51.8. The maximum Gasteiger partial charge on any atom is 0.277 e. The van der Waals surface area contributed by atoms with E-state index in [2.05, 4.69) is 0 Å². The lowest BCUT2D eigenvalue weighted by molar-refractivity contribution is -0.122. The molecule has 0 radical (unpaired) electrons. The quantitative estimate of drug-likeness (QED) is 0.786. The van der Waals surface area contributed by atoms with Gasteiger partial charge in [-0.25, -0.2) is 17.6 Å². The molecule has 1 aromatic carbocycles. The fourth-order valence-electron chi connectivity index (χ4n) is 1.22. The van der Waals surface area contributed by atoms with Crippen molar-refractivity contribution in [1.29, 1.82) is 0 Å². The first-order valence-corrected chi connectivity index (χ1v) is 5.13. The number of rotatable bonds is 5. The molecule has 1 amide bonds. The van der Waals surface area contributed by atoms with Crippen molar-refractivity contribution in [2.45, 2.75) is 12.3 Å². The van der Waals surface area contributed by atoms with Crippen LogP contribution >= 0.6 is 0 Å². The van der Waals surface area contributed by atoms with E-state index in [1.165, 1.54) is 0 Å². The SMILES string of the molecule is NCC(F)(F)CNC(=O)Cc1c(F)cccc1F. The minimum absolute atomic E-state index is 0.453. The average molecular weight is 264 g/mol. The van der Waals surface area contributed by atoms with Crippen LogP contribution in [0.5, 0.6) is 0 Å². The molecule has 0 spiro atoms. The fourth-order valence-corrected chi connectivity index (χ4v) is 1.22. The van der Waals surface area contributed by atoms with E-state index in [0.717, 1.165) is 18.2 Å². The third-order valence-electron chi connectivity index (χ3n) is 2.24. The van der Waals surface area contributed by atoms with Gasteiger partial charge in [0.2, 0.25) is 5.91 Å². The molecule has 0 atom stereocenters. The van der Waals surface area contributed by atoms with E-state index in [1.54, 1.807) is 0 Å². The van der Waals surface area contributed by atoms with E-state index in [1.807, 2.05) is 5.32 Å². The van der Waals surface area contributed by atoms with E-state index in [-0.39, 0.29) is 0 Å². The zero-order chi connectivity index (χ0) is 13.8. The lowest BCUT2D eigenvalue weighted by atomic mass is 10.1. The predicted octanol–water partition coefficient (Wildman–Crippen LogP) is 1.22. The van der Waals surface area contributed by atoms with Crippen LogP contribution in [-0.4, -0.2) is 24.9 Å². The summed E-state index contributed by atoms with van der Waals surface area (Å²) in [7, 11) is 0. The Morgan fingerprint density at radius 2 is 1.83 bits per heavy atom. The predicted molar refractivity (Wildman–Crippen MR) is 57.1 cm³/mol. The summed E-state index contributed by atoms with van der Waals surface area (Å²) in [5.74, 6) is -5.91. The highest BCUT2D eigenvalue weighted by Crippen LogP contribution is 2.13. The minimum Gasteiger partial charge on any atom is -0.350 e. The Labute approximate surface area is 101 Å². The molecule has 0 aliphatic carbocycles. The number of nitrogens with one attached hydrogen (secondary N) is 1. The van der Waals surface area contributed by atoms with E-state index >= 15 is 0 Å². The zero-order valence-electron chi connectivity index (χ0n) is 9.35. The molecule has 100 valence electrons. The zero-order valence-corrected chi connectivity index (χ0v) is 9.35. The Morgan fingerprint density at radius 1 is 1.28 bits per heavy atom. The van der Waals surface area contributed by atoms with Crippen molar-refractivity contribution in [3.63, 3.8) is 0 Å². The molecule has 1 aromatic rings. The Balaban J connectivity index is 2.61. The number of hydrogen-bond donors (Lipinski definition) is 2. The van der Waals surface area contributed by atoms with Gasteiger partial charge in [0.05, 0.1) is 19.5 Å². The van der Waals surface area contributed by atoms with Gasteiger partial charge < -0.3 is 11.1 Å². The molecular formula is C11H12F4N2O. The molecule has 0 bridgehead atoms. The Kier molecular flexibility index (Phi) is 4.66. The number of amides is 1. The molecular weight excluding hydrogens is 252 g/mol. The normalized spacial score (nSPS) is 11.4. The number of nitrogens with two attached hydrogens (primary N) is 1. The van der Waals surface area contributed by atoms with E-state index in [9.17, 15) is 22.4 Å². The summed E-state index contributed by atoms with van der Waals surface area (Å²) >= 11 is 0. The van der Waals surface area contributed by atoms with Crippen molar-refractivity contribution in [2.75, 3.05) is 13.1 Å². The number of alkyl halides is 2. The van der Waals surface area contributed by atoms with Gasteiger partial charge in [0.15, 0.2) is 0 Å². The lowest BCUT2D eigenvalue weighted by Gasteiger charge is -2.14. The summed E-state index contributed by atoms with van der Waals surface area (Å²) in [5, 5.41) is 1.87. The van der Waals surface area contributed by atoms with Gasteiger partial charge in [-0.2, -0.15) is 0 Å². The highest BCUT2D eigenvalue weighted by atomic mass is 19.3. The maximum absolute atomic E-state index is 13.2. The maximum atomic E-state index is 13.2. The van der Waals surface area contributed by atoms with Crippen LogP contribution in [0.2, 0.25) is 0 Å². The standard InChI is InChI=1S/C11H12F4N2O/c12-8-2-1-3-9(13)7(8)4-10(18)17-6-11(14,15)5-16/h1-3H,4-6,16H2,(H,17,18). The number of halogens is 4. The minimum atomic E-state index is -3.23. The molecule has 0 aliphatic heterocycles. The van der Waals surface area contributed by atoms with Crippen LogP contribution in [0.1, 0.15) is 5.56 Å². The number of benzene rings is 1. The summed E-state index contributed by atoms with van der Waals surface area (Å²) in [6, 6.07) is 3.12. The van der Waals surface area contributed by atoms with E-state index < -0.39 is 48.5 Å². The van der Waals surface area contributed by atoms with Crippen LogP contribution < -0.4 is 11.1 Å². The van der Waals surface area contributed by atoms with Crippen LogP contribution in [0.4, 0.5) is 17.6 Å². The second-order valence-corrected chi connectivity index (χ2v) is 3.71. The molecule has 0 fully saturated rings. The highest BCUT2D eigenvalue weighted by Gasteiger charge is 2.27. The third-order valence-corrected chi connectivity index (χ3v) is 2.24. The summed E-state index contributed by atoms with van der Waals surface area (Å²) in [6.07, 6.45) is -0.640. The van der Waals surface area contributed by atoms with Gasteiger partial charge in [-0.3, -0.25) is 4.79 Å². The molecule has 3 nitrogen and oxygen atoms in total. The van der Waals surface area contributed by atoms with Gasteiger partial charge in [-0.05, 0) is 12.1 Å². The smallest absolute Gasteiger partial charge is 0.277 e. The first-order chi connectivity index (χ1) is 8.35. The van der Waals surface area contributed by atoms with Crippen molar-refractivity contribution in [3.05, 3.63) is 35.4 Å². The number of hydrogen-bond acceptors (Lipinski definition) is 2. The van der Waals surface area contributed by atoms with Gasteiger partial charge in [0, 0.05) is 5.56 Å². The molecule has 0 aromatic heterocycles. The molecule has 18 heavy (non-hydrogen) atoms. The molecule has 0 aliphatic rings. The lowest BCUT2D eigenvalue weighted by Crippen LogP contribution is -2.42.